The summed E-state index contributed by atoms with van der Waals surface area (Å²) in [4.78, 5) is 2.48. The molecule has 1 aliphatic carbocycles. The van der Waals surface area contributed by atoms with Gasteiger partial charge < -0.3 is 5.73 Å². The molecule has 21 heavy (non-hydrogen) atoms. The zero-order valence-corrected chi connectivity index (χ0v) is 12.9. The van der Waals surface area contributed by atoms with Crippen molar-refractivity contribution in [1.29, 1.82) is 0 Å². The molecule has 1 aromatic carbocycles. The van der Waals surface area contributed by atoms with E-state index in [-0.39, 0.29) is 5.82 Å². The second-order valence-electron chi connectivity index (χ2n) is 6.95. The molecule has 2 fully saturated rings. The third-order valence-corrected chi connectivity index (χ3v) is 5.61. The van der Waals surface area contributed by atoms with E-state index in [9.17, 15) is 4.39 Å². The lowest BCUT2D eigenvalue weighted by atomic mass is 9.68. The fourth-order valence-corrected chi connectivity index (χ4v) is 4.17. The van der Waals surface area contributed by atoms with E-state index >= 15 is 0 Å². The Morgan fingerprint density at radius 1 is 1.00 bits per heavy atom. The van der Waals surface area contributed by atoms with Crippen molar-refractivity contribution in [2.75, 3.05) is 13.1 Å². The zero-order valence-electron chi connectivity index (χ0n) is 12.9. The van der Waals surface area contributed by atoms with Gasteiger partial charge in [0.1, 0.15) is 5.82 Å². The lowest BCUT2D eigenvalue weighted by Gasteiger charge is -2.44. The van der Waals surface area contributed by atoms with Gasteiger partial charge in [0.2, 0.25) is 0 Å². The molecule has 1 aliphatic heterocycles. The van der Waals surface area contributed by atoms with Crippen LogP contribution in [0.3, 0.4) is 0 Å². The molecule has 1 aromatic rings. The highest BCUT2D eigenvalue weighted by Gasteiger charge is 2.35. The molecule has 0 unspecified atom stereocenters. The lowest BCUT2D eigenvalue weighted by molar-refractivity contribution is 0.0640. The molecule has 1 heterocycles. The summed E-state index contributed by atoms with van der Waals surface area (Å²) in [6.07, 6.45) is 9.75. The topological polar surface area (TPSA) is 29.3 Å². The number of likely N-dealkylation sites (tertiary alicyclic amines) is 1. The minimum absolute atomic E-state index is 0.150. The van der Waals surface area contributed by atoms with Gasteiger partial charge in [-0.05, 0) is 67.4 Å². The molecule has 2 N–H and O–H groups in total. The van der Waals surface area contributed by atoms with Gasteiger partial charge >= 0.3 is 0 Å². The Kier molecular flexibility index (Phi) is 4.60. The smallest absolute Gasteiger partial charge is 0.123 e. The lowest BCUT2D eigenvalue weighted by Crippen LogP contribution is -2.40. The average Bonchev–Trinajstić information content (AvgIpc) is 2.51. The van der Waals surface area contributed by atoms with Crippen molar-refractivity contribution < 1.29 is 4.39 Å². The molecular weight excluding hydrogens is 263 g/mol. The van der Waals surface area contributed by atoms with Crippen LogP contribution in [0.2, 0.25) is 0 Å². The van der Waals surface area contributed by atoms with Crippen molar-refractivity contribution in [2.24, 2.45) is 11.1 Å². The van der Waals surface area contributed by atoms with Gasteiger partial charge in [0.15, 0.2) is 0 Å². The summed E-state index contributed by atoms with van der Waals surface area (Å²) < 4.78 is 13.5. The molecule has 2 nitrogen and oxygen atoms in total. The maximum absolute atomic E-state index is 13.5. The van der Waals surface area contributed by atoms with Gasteiger partial charge in [0, 0.05) is 13.1 Å². The predicted molar refractivity (Wildman–Crippen MR) is 84.3 cm³/mol. The number of nitrogens with zero attached hydrogens (tertiary/aromatic N) is 1. The second-order valence-corrected chi connectivity index (χ2v) is 6.95. The van der Waals surface area contributed by atoms with Crippen LogP contribution in [-0.2, 0) is 13.1 Å². The molecular formula is C18H27FN2. The summed E-state index contributed by atoms with van der Waals surface area (Å²) in [5.74, 6) is -0.150. The number of benzene rings is 1. The highest BCUT2D eigenvalue weighted by atomic mass is 19.1. The summed E-state index contributed by atoms with van der Waals surface area (Å²) in [6, 6.07) is 5.00. The van der Waals surface area contributed by atoms with Crippen LogP contribution in [0.5, 0.6) is 0 Å². The number of nitrogens with two attached hydrogens (primary N) is 1. The van der Waals surface area contributed by atoms with Crippen molar-refractivity contribution in [1.82, 2.24) is 4.90 Å². The summed E-state index contributed by atoms with van der Waals surface area (Å²) >= 11 is 0. The van der Waals surface area contributed by atoms with Crippen LogP contribution in [0.15, 0.2) is 18.2 Å². The van der Waals surface area contributed by atoms with Gasteiger partial charge in [-0.3, -0.25) is 4.90 Å². The van der Waals surface area contributed by atoms with E-state index in [1.165, 1.54) is 51.0 Å². The predicted octanol–water partition coefficient (Wildman–Crippen LogP) is 3.83. The van der Waals surface area contributed by atoms with Crippen molar-refractivity contribution in [2.45, 2.75) is 58.0 Å². The van der Waals surface area contributed by atoms with E-state index in [0.29, 0.717) is 12.0 Å². The second kappa shape index (κ2) is 6.45. The molecule has 0 bridgehead atoms. The Morgan fingerprint density at radius 3 is 2.38 bits per heavy atom. The van der Waals surface area contributed by atoms with Crippen LogP contribution in [0.25, 0.3) is 0 Å². The molecule has 1 saturated carbocycles. The Labute approximate surface area is 127 Å². The standard InChI is InChI=1S/C18H27FN2/c19-17-5-4-15(13-20)16(12-17)14-21-10-8-18(9-11-21)6-2-1-3-7-18/h4-5,12H,1-3,6-11,13-14,20H2. The quantitative estimate of drug-likeness (QED) is 0.916. The van der Waals surface area contributed by atoms with Crippen LogP contribution < -0.4 is 5.73 Å². The Hall–Kier alpha value is -0.930. The molecule has 3 heteroatoms. The Bertz CT molecular complexity index is 470. The van der Waals surface area contributed by atoms with E-state index in [1.807, 2.05) is 6.07 Å². The molecule has 0 radical (unpaired) electrons. The van der Waals surface area contributed by atoms with Crippen molar-refractivity contribution >= 4 is 0 Å². The molecule has 0 amide bonds. The van der Waals surface area contributed by atoms with Gasteiger partial charge in [-0.2, -0.15) is 0 Å². The largest absolute Gasteiger partial charge is 0.326 e. The van der Waals surface area contributed by atoms with E-state index in [4.69, 9.17) is 5.73 Å². The fourth-order valence-electron chi connectivity index (χ4n) is 4.17. The van der Waals surface area contributed by atoms with Crippen LogP contribution >= 0.6 is 0 Å². The first-order valence-corrected chi connectivity index (χ1v) is 8.41. The van der Waals surface area contributed by atoms with Crippen LogP contribution in [0.4, 0.5) is 4.39 Å². The molecule has 1 saturated heterocycles. The summed E-state index contributed by atoms with van der Waals surface area (Å²) in [5.41, 5.74) is 8.55. The third kappa shape index (κ3) is 3.46. The van der Waals surface area contributed by atoms with E-state index in [1.54, 1.807) is 6.07 Å². The number of halogens is 1. The normalized spacial score (nSPS) is 22.6. The molecule has 3 rings (SSSR count). The van der Waals surface area contributed by atoms with Crippen molar-refractivity contribution in [3.63, 3.8) is 0 Å². The van der Waals surface area contributed by atoms with Crippen LogP contribution in [-0.4, -0.2) is 18.0 Å². The summed E-state index contributed by atoms with van der Waals surface area (Å²) in [5, 5.41) is 0. The highest BCUT2D eigenvalue weighted by Crippen LogP contribution is 2.44. The number of hydrogen-bond donors (Lipinski definition) is 1. The first-order chi connectivity index (χ1) is 10.2. The first-order valence-electron chi connectivity index (χ1n) is 8.41. The Balaban J connectivity index is 1.61. The number of rotatable bonds is 3. The first kappa shape index (κ1) is 15.0. The summed E-state index contributed by atoms with van der Waals surface area (Å²) in [6.45, 7) is 3.65. The molecule has 0 atom stereocenters. The molecule has 116 valence electrons. The molecule has 1 spiro atoms. The van der Waals surface area contributed by atoms with E-state index in [2.05, 4.69) is 4.90 Å². The number of hydrogen-bond acceptors (Lipinski definition) is 2. The maximum Gasteiger partial charge on any atom is 0.123 e. The van der Waals surface area contributed by atoms with E-state index in [0.717, 1.165) is 30.8 Å². The van der Waals surface area contributed by atoms with Gasteiger partial charge in [-0.25, -0.2) is 4.39 Å². The molecule has 2 aliphatic rings. The van der Waals surface area contributed by atoms with Gasteiger partial charge in [0.05, 0.1) is 0 Å². The highest BCUT2D eigenvalue weighted by molar-refractivity contribution is 5.27. The van der Waals surface area contributed by atoms with Gasteiger partial charge in [-0.15, -0.1) is 0 Å². The monoisotopic (exact) mass is 290 g/mol. The average molecular weight is 290 g/mol. The summed E-state index contributed by atoms with van der Waals surface area (Å²) in [7, 11) is 0. The maximum atomic E-state index is 13.5. The number of piperidine rings is 1. The Morgan fingerprint density at radius 2 is 1.71 bits per heavy atom. The third-order valence-electron chi connectivity index (χ3n) is 5.61. The zero-order chi connectivity index (χ0) is 14.7. The van der Waals surface area contributed by atoms with E-state index < -0.39 is 0 Å². The van der Waals surface area contributed by atoms with Crippen LogP contribution in [0.1, 0.15) is 56.1 Å². The van der Waals surface area contributed by atoms with Gasteiger partial charge in [0.25, 0.3) is 0 Å². The molecule has 0 aromatic heterocycles. The van der Waals surface area contributed by atoms with Crippen LogP contribution in [0, 0.1) is 11.2 Å². The fraction of sp³-hybridized carbons (Fsp3) is 0.667. The minimum Gasteiger partial charge on any atom is -0.326 e. The van der Waals surface area contributed by atoms with Crippen molar-refractivity contribution in [3.05, 3.63) is 35.1 Å². The SMILES string of the molecule is NCc1ccc(F)cc1CN1CCC2(CCCCC2)CC1. The minimum atomic E-state index is -0.150. The van der Waals surface area contributed by atoms with Gasteiger partial charge in [-0.1, -0.05) is 25.3 Å². The van der Waals surface area contributed by atoms with Crippen molar-refractivity contribution in [3.8, 4) is 0 Å².